The minimum Gasteiger partial charge on any atom is -0.510 e. The predicted molar refractivity (Wildman–Crippen MR) is 95.4 cm³/mol. The molecule has 0 aliphatic heterocycles. The number of hydrogen-bond acceptors (Lipinski definition) is 7. The minimum atomic E-state index is -4.61. The first-order valence-electron chi connectivity index (χ1n) is 7.78. The first-order chi connectivity index (χ1) is 13.3. The normalized spacial score (nSPS) is 12.7. The average Bonchev–Trinajstić information content (AvgIpc) is 3.09. The van der Waals surface area contributed by atoms with E-state index in [0.717, 1.165) is 31.1 Å². The molecule has 2 heterocycles. The fraction of sp³-hybridized carbons (Fsp3) is 0.176. The van der Waals surface area contributed by atoms with Gasteiger partial charge in [0.2, 0.25) is 0 Å². The molecule has 0 spiro atoms. The number of hydrogen-bond donors (Lipinski definition) is 2. The second-order valence-electron chi connectivity index (χ2n) is 5.43. The molecule has 3 rings (SSSR count). The molecule has 0 amide bonds. The standard InChI is InChI=1S/C17H13F3N4O3S/c1-27-15(26)13(14-22-9-4-2-3-5-10(9)23-14)11(25)8-28-16-21-7-6-12(24-16)17(18,19)20/h2-7,25H,8H2,1H3,(H,22,23)/b13-11-. The Morgan fingerprint density at radius 1 is 1.25 bits per heavy atom. The molecule has 0 fully saturated rings. The van der Waals surface area contributed by atoms with Crippen LogP contribution in [0.1, 0.15) is 11.5 Å². The fourth-order valence-electron chi connectivity index (χ4n) is 2.30. The zero-order chi connectivity index (χ0) is 20.3. The molecule has 0 atom stereocenters. The van der Waals surface area contributed by atoms with Crippen molar-refractivity contribution in [2.24, 2.45) is 0 Å². The van der Waals surface area contributed by atoms with E-state index >= 15 is 0 Å². The number of nitrogens with one attached hydrogen (secondary N) is 1. The summed E-state index contributed by atoms with van der Waals surface area (Å²) >= 11 is 0.737. The van der Waals surface area contributed by atoms with Crippen molar-refractivity contribution >= 4 is 34.3 Å². The van der Waals surface area contributed by atoms with E-state index < -0.39 is 23.6 Å². The number of alkyl halides is 3. The van der Waals surface area contributed by atoms with E-state index in [2.05, 4.69) is 19.9 Å². The molecule has 146 valence electrons. The molecule has 7 nitrogen and oxygen atoms in total. The van der Waals surface area contributed by atoms with Crippen molar-refractivity contribution in [3.05, 3.63) is 53.8 Å². The van der Waals surface area contributed by atoms with Gasteiger partial charge in [-0.3, -0.25) is 0 Å². The van der Waals surface area contributed by atoms with E-state index in [-0.39, 0.29) is 22.3 Å². The van der Waals surface area contributed by atoms with Crippen LogP contribution in [0.25, 0.3) is 16.6 Å². The smallest absolute Gasteiger partial charge is 0.433 e. The van der Waals surface area contributed by atoms with E-state index in [1.807, 2.05) is 0 Å². The van der Waals surface area contributed by atoms with Gasteiger partial charge in [0, 0.05) is 6.20 Å². The van der Waals surface area contributed by atoms with Crippen LogP contribution < -0.4 is 0 Å². The summed E-state index contributed by atoms with van der Waals surface area (Å²) in [6, 6.07) is 7.73. The third-order valence-corrected chi connectivity index (χ3v) is 4.44. The van der Waals surface area contributed by atoms with Crippen LogP contribution in [0, 0.1) is 0 Å². The zero-order valence-electron chi connectivity index (χ0n) is 14.3. The number of halogens is 3. The molecule has 11 heteroatoms. The Morgan fingerprint density at radius 3 is 2.68 bits per heavy atom. The number of carbonyl (C=O) groups is 1. The summed E-state index contributed by atoms with van der Waals surface area (Å²) in [5.74, 6) is -1.46. The van der Waals surface area contributed by atoms with Crippen LogP contribution in [0.2, 0.25) is 0 Å². The number of benzene rings is 1. The van der Waals surface area contributed by atoms with Crippen LogP contribution in [0.4, 0.5) is 13.2 Å². The molecule has 0 saturated carbocycles. The van der Waals surface area contributed by atoms with Crippen molar-refractivity contribution in [1.29, 1.82) is 0 Å². The maximum Gasteiger partial charge on any atom is 0.433 e. The second kappa shape index (κ2) is 7.89. The minimum absolute atomic E-state index is 0.0797. The van der Waals surface area contributed by atoms with Crippen LogP contribution in [-0.4, -0.2) is 43.9 Å². The van der Waals surface area contributed by atoms with Crippen LogP contribution in [0.5, 0.6) is 0 Å². The van der Waals surface area contributed by atoms with Gasteiger partial charge in [0.1, 0.15) is 22.9 Å². The lowest BCUT2D eigenvalue weighted by molar-refractivity contribution is -0.141. The highest BCUT2D eigenvalue weighted by molar-refractivity contribution is 7.99. The van der Waals surface area contributed by atoms with Crippen molar-refractivity contribution < 1.29 is 27.8 Å². The molecule has 0 unspecified atom stereocenters. The largest absolute Gasteiger partial charge is 0.510 e. The van der Waals surface area contributed by atoms with Crippen molar-refractivity contribution in [3.63, 3.8) is 0 Å². The van der Waals surface area contributed by atoms with Crippen LogP contribution in [0.3, 0.4) is 0 Å². The molecule has 0 aliphatic carbocycles. The number of rotatable bonds is 5. The van der Waals surface area contributed by atoms with Gasteiger partial charge in [-0.05, 0) is 18.2 Å². The van der Waals surface area contributed by atoms with E-state index in [9.17, 15) is 23.1 Å². The summed E-state index contributed by atoms with van der Waals surface area (Å²) < 4.78 is 42.9. The Bertz CT molecular complexity index is 1020. The summed E-state index contributed by atoms with van der Waals surface area (Å²) in [4.78, 5) is 26.4. The van der Waals surface area contributed by atoms with E-state index in [1.165, 1.54) is 0 Å². The molecular formula is C17H13F3N4O3S. The Balaban J connectivity index is 1.90. The molecule has 1 aromatic carbocycles. The second-order valence-corrected chi connectivity index (χ2v) is 6.37. The zero-order valence-corrected chi connectivity index (χ0v) is 15.1. The molecule has 2 N–H and O–H groups in total. The third kappa shape index (κ3) is 4.25. The van der Waals surface area contributed by atoms with Crippen LogP contribution >= 0.6 is 11.8 Å². The molecular weight excluding hydrogens is 397 g/mol. The van der Waals surface area contributed by atoms with Crippen molar-refractivity contribution in [2.45, 2.75) is 11.3 Å². The molecule has 3 aromatic rings. The summed E-state index contributed by atoms with van der Waals surface area (Å²) in [6.45, 7) is 0. The van der Waals surface area contributed by atoms with Gasteiger partial charge in [-0.1, -0.05) is 23.9 Å². The Kier molecular flexibility index (Phi) is 5.54. The quantitative estimate of drug-likeness (QED) is 0.218. The molecule has 2 aromatic heterocycles. The summed E-state index contributed by atoms with van der Waals surface area (Å²) in [6.07, 6.45) is -3.64. The molecule has 0 radical (unpaired) electrons. The number of methoxy groups -OCH3 is 1. The van der Waals surface area contributed by atoms with Gasteiger partial charge in [0.05, 0.1) is 23.9 Å². The lowest BCUT2D eigenvalue weighted by atomic mass is 10.2. The topological polar surface area (TPSA) is 101 Å². The lowest BCUT2D eigenvalue weighted by Crippen LogP contribution is -2.11. The number of aromatic nitrogens is 4. The van der Waals surface area contributed by atoms with E-state index in [1.54, 1.807) is 24.3 Å². The Labute approximate surface area is 160 Å². The van der Waals surface area contributed by atoms with Gasteiger partial charge < -0.3 is 14.8 Å². The van der Waals surface area contributed by atoms with Crippen molar-refractivity contribution in [3.8, 4) is 0 Å². The number of carbonyl (C=O) groups excluding carboxylic acids is 1. The highest BCUT2D eigenvalue weighted by atomic mass is 32.2. The van der Waals surface area contributed by atoms with Gasteiger partial charge in [-0.2, -0.15) is 13.2 Å². The van der Waals surface area contributed by atoms with Gasteiger partial charge in [0.15, 0.2) is 5.16 Å². The monoisotopic (exact) mass is 410 g/mol. The number of imidazole rings is 1. The van der Waals surface area contributed by atoms with Gasteiger partial charge in [0.25, 0.3) is 0 Å². The Hall–Kier alpha value is -3.08. The third-order valence-electron chi connectivity index (χ3n) is 3.57. The highest BCUT2D eigenvalue weighted by Gasteiger charge is 2.33. The summed E-state index contributed by atoms with van der Waals surface area (Å²) in [7, 11) is 1.14. The number of aliphatic hydroxyl groups excluding tert-OH is 1. The molecule has 0 bridgehead atoms. The average molecular weight is 410 g/mol. The number of para-hydroxylation sites is 2. The highest BCUT2D eigenvalue weighted by Crippen LogP contribution is 2.29. The lowest BCUT2D eigenvalue weighted by Gasteiger charge is -2.08. The number of ether oxygens (including phenoxy) is 1. The fourth-order valence-corrected chi connectivity index (χ4v) is 3.01. The Morgan fingerprint density at radius 2 is 2.00 bits per heavy atom. The number of H-pyrrole nitrogens is 1. The number of nitrogens with zero attached hydrogens (tertiary/aromatic N) is 3. The first-order valence-corrected chi connectivity index (χ1v) is 8.76. The number of aromatic amines is 1. The van der Waals surface area contributed by atoms with Crippen molar-refractivity contribution in [2.75, 3.05) is 12.9 Å². The number of esters is 1. The van der Waals surface area contributed by atoms with Gasteiger partial charge in [-0.15, -0.1) is 0 Å². The number of thioether (sulfide) groups is 1. The first kappa shape index (κ1) is 19.7. The van der Waals surface area contributed by atoms with Crippen molar-refractivity contribution in [1.82, 2.24) is 19.9 Å². The van der Waals surface area contributed by atoms with E-state index in [0.29, 0.717) is 11.0 Å². The molecule has 0 saturated heterocycles. The van der Waals surface area contributed by atoms with Crippen LogP contribution in [-0.2, 0) is 15.7 Å². The summed E-state index contributed by atoms with van der Waals surface area (Å²) in [5.41, 5.74) is -0.113. The summed E-state index contributed by atoms with van der Waals surface area (Å²) in [5, 5.41) is 10.2. The maximum absolute atomic E-state index is 12.7. The molecule has 0 aliphatic rings. The number of fused-ring (bicyclic) bond motifs is 1. The van der Waals surface area contributed by atoms with Gasteiger partial charge >= 0.3 is 12.1 Å². The molecule has 28 heavy (non-hydrogen) atoms. The van der Waals surface area contributed by atoms with Crippen LogP contribution in [0.15, 0.2) is 47.4 Å². The number of aliphatic hydroxyl groups is 1. The van der Waals surface area contributed by atoms with E-state index in [4.69, 9.17) is 4.74 Å². The SMILES string of the molecule is COC(=O)/C(=C(\O)CSc1nccc(C(F)(F)F)n1)c1nc2ccccc2[nH]1. The maximum atomic E-state index is 12.7. The predicted octanol–water partition coefficient (Wildman–Crippen LogP) is 3.61. The van der Waals surface area contributed by atoms with Gasteiger partial charge in [-0.25, -0.2) is 19.7 Å².